The van der Waals surface area contributed by atoms with E-state index in [0.717, 1.165) is 11.4 Å². The van der Waals surface area contributed by atoms with Crippen LogP contribution in [0.2, 0.25) is 0 Å². The lowest BCUT2D eigenvalue weighted by Crippen LogP contribution is -1.89. The molecule has 2 heteroatoms. The highest BCUT2D eigenvalue weighted by Gasteiger charge is 2.26. The molecule has 0 atom stereocenters. The van der Waals surface area contributed by atoms with Crippen molar-refractivity contribution in [1.82, 2.24) is 9.97 Å². The summed E-state index contributed by atoms with van der Waals surface area (Å²) in [4.78, 5) is 9.64. The molecular formula is C38H20N2. The van der Waals surface area contributed by atoms with Gasteiger partial charge in [0.1, 0.15) is 0 Å². The van der Waals surface area contributed by atoms with Gasteiger partial charge in [-0.1, -0.05) is 72.8 Å². The third kappa shape index (κ3) is 2.45. The van der Waals surface area contributed by atoms with E-state index in [1.54, 1.807) is 0 Å². The number of aromatic nitrogens is 2. The first-order chi connectivity index (χ1) is 19.8. The molecule has 0 saturated heterocycles. The highest BCUT2D eigenvalue weighted by molar-refractivity contribution is 6.28. The fourth-order valence-corrected chi connectivity index (χ4v) is 7.38. The minimum absolute atomic E-state index is 1.08. The number of nitrogens with zero attached hydrogens (tertiary/aromatic N) is 2. The van der Waals surface area contributed by atoms with Gasteiger partial charge in [-0.3, -0.25) is 9.97 Å². The smallest absolute Gasteiger partial charge is 0.0787 e. The molecule has 0 amide bonds. The van der Waals surface area contributed by atoms with Gasteiger partial charge in [-0.25, -0.2) is 0 Å². The van der Waals surface area contributed by atoms with Crippen molar-refractivity contribution in [2.24, 2.45) is 0 Å². The number of fused-ring (bicyclic) bond motifs is 10. The molecule has 2 aliphatic rings. The van der Waals surface area contributed by atoms with Crippen molar-refractivity contribution in [3.63, 3.8) is 0 Å². The summed E-state index contributed by atoms with van der Waals surface area (Å²) in [6.45, 7) is 0. The van der Waals surface area contributed by atoms with Crippen molar-refractivity contribution in [1.29, 1.82) is 0 Å². The van der Waals surface area contributed by atoms with Crippen molar-refractivity contribution >= 4 is 43.1 Å². The molecule has 40 heavy (non-hydrogen) atoms. The van der Waals surface area contributed by atoms with Gasteiger partial charge in [-0.05, 0) is 102 Å². The summed E-state index contributed by atoms with van der Waals surface area (Å²) in [5.41, 5.74) is 12.1. The van der Waals surface area contributed by atoms with E-state index in [-0.39, 0.29) is 0 Å². The lowest BCUT2D eigenvalue weighted by atomic mass is 9.88. The summed E-state index contributed by atoms with van der Waals surface area (Å²) < 4.78 is 0. The zero-order chi connectivity index (χ0) is 25.9. The van der Waals surface area contributed by atoms with Crippen molar-refractivity contribution in [3.05, 3.63) is 122 Å². The molecule has 6 aromatic carbocycles. The minimum Gasteiger partial charge on any atom is -0.256 e. The van der Waals surface area contributed by atoms with Gasteiger partial charge in [0.25, 0.3) is 0 Å². The van der Waals surface area contributed by atoms with E-state index in [1.165, 1.54) is 87.6 Å². The molecular weight excluding hydrogens is 484 g/mol. The molecule has 182 valence electrons. The third-order valence-corrected chi connectivity index (χ3v) is 8.99. The van der Waals surface area contributed by atoms with Crippen LogP contribution in [0.5, 0.6) is 0 Å². The molecule has 0 unspecified atom stereocenters. The van der Waals surface area contributed by atoms with Crippen molar-refractivity contribution < 1.29 is 0 Å². The van der Waals surface area contributed by atoms with Gasteiger partial charge in [-0.2, -0.15) is 0 Å². The number of benzene rings is 6. The number of hydrogen-bond acceptors (Lipinski definition) is 2. The van der Waals surface area contributed by atoms with Crippen LogP contribution in [-0.2, 0) is 0 Å². The van der Waals surface area contributed by atoms with E-state index in [9.17, 15) is 0 Å². The number of rotatable bonds is 1. The summed E-state index contributed by atoms with van der Waals surface area (Å²) in [6, 6.07) is 40.2. The largest absolute Gasteiger partial charge is 0.256 e. The molecule has 8 aromatic rings. The average molecular weight is 505 g/mol. The Morgan fingerprint density at radius 3 is 1.75 bits per heavy atom. The Bertz CT molecular complexity index is 2430. The normalized spacial score (nSPS) is 12.5. The van der Waals surface area contributed by atoms with Gasteiger partial charge >= 0.3 is 0 Å². The summed E-state index contributed by atoms with van der Waals surface area (Å²) in [5, 5.41) is 10.3. The summed E-state index contributed by atoms with van der Waals surface area (Å²) in [6.07, 6.45) is 3.81. The van der Waals surface area contributed by atoms with Gasteiger partial charge < -0.3 is 0 Å². The molecule has 0 spiro atoms. The van der Waals surface area contributed by atoms with Crippen LogP contribution >= 0.6 is 0 Å². The van der Waals surface area contributed by atoms with Crippen molar-refractivity contribution in [3.8, 4) is 55.9 Å². The predicted octanol–water partition coefficient (Wildman–Crippen LogP) is 10.1. The Balaban J connectivity index is 1.35. The first-order valence-electron chi connectivity index (χ1n) is 13.7. The molecule has 2 nitrogen and oxygen atoms in total. The Morgan fingerprint density at radius 2 is 0.950 bits per heavy atom. The standard InChI is InChI=1S/C38H20N2/c1-2-9-24-23(8-1)30(22-17-21-7-3-10-25-28-13-5-15-39-37(28)33(18-22)35(21)25)19-32-27-12-4-11-26-29-14-6-16-40-38(29)34(36(26)27)20-31(24)32/h1-20H. The van der Waals surface area contributed by atoms with Crippen LogP contribution in [0.4, 0.5) is 0 Å². The SMILES string of the molecule is c1cnc2c(c1)-c1cccc3cc(-c4cc5c6cccc7c6c(cc5c5ccccc45)-c4ncccc4-7)cc-2c13. The fraction of sp³-hybridized carbons (Fsp3) is 0. The number of pyridine rings is 2. The van der Waals surface area contributed by atoms with E-state index in [2.05, 4.69) is 97.1 Å². The molecule has 2 heterocycles. The van der Waals surface area contributed by atoms with Crippen LogP contribution in [0.25, 0.3) is 99.0 Å². The van der Waals surface area contributed by atoms with Crippen LogP contribution in [0.1, 0.15) is 0 Å². The van der Waals surface area contributed by atoms with Gasteiger partial charge in [0, 0.05) is 34.6 Å². The maximum atomic E-state index is 4.83. The highest BCUT2D eigenvalue weighted by atomic mass is 14.7. The van der Waals surface area contributed by atoms with Gasteiger partial charge in [0.2, 0.25) is 0 Å². The molecule has 2 aliphatic carbocycles. The van der Waals surface area contributed by atoms with E-state index in [4.69, 9.17) is 9.97 Å². The first kappa shape index (κ1) is 20.6. The van der Waals surface area contributed by atoms with Crippen molar-refractivity contribution in [2.75, 3.05) is 0 Å². The quantitative estimate of drug-likeness (QED) is 0.208. The second kappa shape index (κ2) is 7.19. The average Bonchev–Trinajstić information content (AvgIpc) is 3.52. The zero-order valence-electron chi connectivity index (χ0n) is 21.4. The first-order valence-corrected chi connectivity index (χ1v) is 13.7. The van der Waals surface area contributed by atoms with E-state index in [0.29, 0.717) is 0 Å². The summed E-state index contributed by atoms with van der Waals surface area (Å²) >= 11 is 0. The molecule has 0 aliphatic heterocycles. The molecule has 0 fully saturated rings. The zero-order valence-corrected chi connectivity index (χ0v) is 21.4. The minimum atomic E-state index is 1.08. The molecule has 2 aromatic heterocycles. The Kier molecular flexibility index (Phi) is 3.70. The van der Waals surface area contributed by atoms with Crippen molar-refractivity contribution in [2.45, 2.75) is 0 Å². The van der Waals surface area contributed by atoms with Crippen LogP contribution in [0, 0.1) is 0 Å². The molecule has 0 N–H and O–H groups in total. The second-order valence-electron chi connectivity index (χ2n) is 10.9. The van der Waals surface area contributed by atoms with Gasteiger partial charge in [0.05, 0.1) is 11.4 Å². The topological polar surface area (TPSA) is 25.8 Å². The molecule has 0 saturated carbocycles. The van der Waals surface area contributed by atoms with Crippen LogP contribution in [-0.4, -0.2) is 9.97 Å². The van der Waals surface area contributed by atoms with Gasteiger partial charge in [-0.15, -0.1) is 0 Å². The molecule has 0 radical (unpaired) electrons. The van der Waals surface area contributed by atoms with E-state index < -0.39 is 0 Å². The Hall–Kier alpha value is -5.34. The maximum Gasteiger partial charge on any atom is 0.0787 e. The van der Waals surface area contributed by atoms with E-state index in [1.807, 2.05) is 24.5 Å². The lowest BCUT2D eigenvalue weighted by Gasteiger charge is -2.15. The lowest BCUT2D eigenvalue weighted by molar-refractivity contribution is 1.35. The van der Waals surface area contributed by atoms with Crippen LogP contribution in [0.15, 0.2) is 122 Å². The summed E-state index contributed by atoms with van der Waals surface area (Å²) in [7, 11) is 0. The molecule has 0 bridgehead atoms. The second-order valence-corrected chi connectivity index (χ2v) is 10.9. The predicted molar refractivity (Wildman–Crippen MR) is 166 cm³/mol. The van der Waals surface area contributed by atoms with Crippen LogP contribution in [0.3, 0.4) is 0 Å². The van der Waals surface area contributed by atoms with E-state index >= 15 is 0 Å². The van der Waals surface area contributed by atoms with Crippen LogP contribution < -0.4 is 0 Å². The molecule has 10 rings (SSSR count). The monoisotopic (exact) mass is 504 g/mol. The Morgan fingerprint density at radius 1 is 0.350 bits per heavy atom. The van der Waals surface area contributed by atoms with Gasteiger partial charge in [0.15, 0.2) is 0 Å². The highest BCUT2D eigenvalue weighted by Crippen LogP contribution is 2.51. The number of hydrogen-bond donors (Lipinski definition) is 0. The summed E-state index contributed by atoms with van der Waals surface area (Å²) in [5.74, 6) is 0. The maximum absolute atomic E-state index is 4.83. The fourth-order valence-electron chi connectivity index (χ4n) is 7.38. The Labute approximate surface area is 230 Å². The third-order valence-electron chi connectivity index (χ3n) is 8.99.